The smallest absolute Gasteiger partial charge is 0.270 e. The van der Waals surface area contributed by atoms with Crippen molar-refractivity contribution in [3.63, 3.8) is 0 Å². The van der Waals surface area contributed by atoms with E-state index in [1.165, 1.54) is 49.1 Å². The van der Waals surface area contributed by atoms with E-state index < -0.39 is 15.9 Å². The minimum Gasteiger partial charge on any atom is -0.497 e. The molecule has 0 N–H and O–H groups in total. The molecule has 35 heavy (non-hydrogen) atoms. The number of benzene rings is 3. The van der Waals surface area contributed by atoms with Crippen molar-refractivity contribution in [2.45, 2.75) is 43.9 Å². The highest BCUT2D eigenvalue weighted by molar-refractivity contribution is 7.93. The van der Waals surface area contributed by atoms with Crippen molar-refractivity contribution in [1.29, 1.82) is 0 Å². The summed E-state index contributed by atoms with van der Waals surface area (Å²) in [5.41, 5.74) is 1.47. The number of amides is 1. The molecule has 3 rings (SSSR count). The van der Waals surface area contributed by atoms with Crippen molar-refractivity contribution in [2.24, 2.45) is 0 Å². The van der Waals surface area contributed by atoms with Crippen LogP contribution in [0.3, 0.4) is 0 Å². The molecule has 0 bridgehead atoms. The van der Waals surface area contributed by atoms with Gasteiger partial charge in [0.2, 0.25) is 5.91 Å². The Morgan fingerprint density at radius 3 is 2.00 bits per heavy atom. The van der Waals surface area contributed by atoms with Crippen molar-refractivity contribution < 1.29 is 22.7 Å². The van der Waals surface area contributed by atoms with Crippen LogP contribution in [0.2, 0.25) is 5.02 Å². The number of halogens is 1. The number of carbonyl (C=O) groups is 1. The number of carbonyl (C=O) groups excluding carboxylic acids is 1. The number of hydrogen-bond acceptors (Lipinski definition) is 5. The highest BCUT2D eigenvalue weighted by Crippen LogP contribution is 2.28. The van der Waals surface area contributed by atoms with Gasteiger partial charge in [-0.05, 0) is 78.1 Å². The molecule has 0 spiro atoms. The third-order valence-corrected chi connectivity index (χ3v) is 7.42. The second kappa shape index (κ2) is 11.1. The van der Waals surface area contributed by atoms with Gasteiger partial charge in [0, 0.05) is 11.4 Å². The summed E-state index contributed by atoms with van der Waals surface area (Å²) in [5, 5.41) is 0.402. The molecule has 0 aliphatic carbocycles. The molecule has 0 aromatic heterocycles. The van der Waals surface area contributed by atoms with Gasteiger partial charge in [0.1, 0.15) is 11.5 Å². The molecule has 3 aromatic carbocycles. The highest BCUT2D eigenvalue weighted by atomic mass is 35.5. The van der Waals surface area contributed by atoms with Crippen molar-refractivity contribution in [3.05, 3.63) is 83.4 Å². The monoisotopic (exact) mass is 515 g/mol. The molecule has 3 aromatic rings. The molecule has 0 unspecified atom stereocenters. The van der Waals surface area contributed by atoms with Gasteiger partial charge in [-0.2, -0.15) is 0 Å². The predicted molar refractivity (Wildman–Crippen MR) is 139 cm³/mol. The van der Waals surface area contributed by atoms with E-state index in [1.54, 1.807) is 12.1 Å². The number of hydrogen-bond donors (Lipinski definition) is 0. The first-order valence-electron chi connectivity index (χ1n) is 11.2. The first-order chi connectivity index (χ1) is 16.5. The van der Waals surface area contributed by atoms with Gasteiger partial charge in [-0.3, -0.25) is 4.79 Å². The molecule has 0 atom stereocenters. The largest absolute Gasteiger partial charge is 0.497 e. The minimum absolute atomic E-state index is 0.0150. The highest BCUT2D eigenvalue weighted by Gasteiger charge is 2.30. The maximum atomic E-state index is 13.4. The number of methoxy groups -OCH3 is 1. The zero-order chi connectivity index (χ0) is 25.6. The van der Waals surface area contributed by atoms with E-state index >= 15 is 0 Å². The molecule has 0 aliphatic heterocycles. The standard InChI is InChI=1S/C27H30ClNO5S/c1-27(2,3)20-7-13-24(14-8-20)34-19-5-6-26(30)29(22-11-15-23(33-4)16-12-22)35(31,32)25-17-9-21(28)10-18-25/h7-18H,5-6,19H2,1-4H3. The van der Waals surface area contributed by atoms with E-state index in [0.29, 0.717) is 22.9 Å². The lowest BCUT2D eigenvalue weighted by atomic mass is 9.87. The fourth-order valence-electron chi connectivity index (χ4n) is 3.41. The van der Waals surface area contributed by atoms with Crippen LogP contribution < -0.4 is 13.8 Å². The van der Waals surface area contributed by atoms with Crippen molar-refractivity contribution in [3.8, 4) is 11.5 Å². The van der Waals surface area contributed by atoms with Gasteiger partial charge in [-0.1, -0.05) is 44.5 Å². The van der Waals surface area contributed by atoms with E-state index in [9.17, 15) is 13.2 Å². The maximum Gasteiger partial charge on any atom is 0.270 e. The van der Waals surface area contributed by atoms with Crippen LogP contribution in [0.15, 0.2) is 77.7 Å². The molecule has 0 saturated carbocycles. The van der Waals surface area contributed by atoms with Gasteiger partial charge >= 0.3 is 0 Å². The normalized spacial score (nSPS) is 11.7. The second-order valence-electron chi connectivity index (χ2n) is 9.04. The van der Waals surface area contributed by atoms with Gasteiger partial charge in [-0.15, -0.1) is 0 Å². The van der Waals surface area contributed by atoms with Crippen LogP contribution in [0.4, 0.5) is 5.69 Å². The summed E-state index contributed by atoms with van der Waals surface area (Å²) in [6.07, 6.45) is 0.335. The van der Waals surface area contributed by atoms with Crippen molar-refractivity contribution >= 4 is 33.2 Å². The van der Waals surface area contributed by atoms with E-state index in [2.05, 4.69) is 20.8 Å². The Hall–Kier alpha value is -3.03. The summed E-state index contributed by atoms with van der Waals surface area (Å²) in [6, 6.07) is 19.8. The van der Waals surface area contributed by atoms with Gasteiger partial charge in [-0.25, -0.2) is 12.7 Å². The van der Waals surface area contributed by atoms with Gasteiger partial charge < -0.3 is 9.47 Å². The van der Waals surface area contributed by atoms with Crippen LogP contribution in [0.1, 0.15) is 39.2 Å². The fraction of sp³-hybridized carbons (Fsp3) is 0.296. The molecule has 186 valence electrons. The van der Waals surface area contributed by atoms with Crippen LogP contribution in [-0.2, 0) is 20.2 Å². The fourth-order valence-corrected chi connectivity index (χ4v) is 4.99. The number of rotatable bonds is 9. The number of ether oxygens (including phenoxy) is 2. The molecule has 0 fully saturated rings. The summed E-state index contributed by atoms with van der Waals surface area (Å²) in [7, 11) is -2.64. The lowest BCUT2D eigenvalue weighted by molar-refractivity contribution is -0.117. The zero-order valence-corrected chi connectivity index (χ0v) is 21.9. The third-order valence-electron chi connectivity index (χ3n) is 5.41. The number of sulfonamides is 1. The molecule has 8 heteroatoms. The van der Waals surface area contributed by atoms with Crippen molar-refractivity contribution in [1.82, 2.24) is 0 Å². The van der Waals surface area contributed by atoms with Gasteiger partial charge in [0.25, 0.3) is 10.0 Å². The Morgan fingerprint density at radius 1 is 0.886 bits per heavy atom. The number of nitrogens with zero attached hydrogens (tertiary/aromatic N) is 1. The SMILES string of the molecule is COc1ccc(N(C(=O)CCCOc2ccc(C(C)(C)C)cc2)S(=O)(=O)c2ccc(Cl)cc2)cc1. The summed E-state index contributed by atoms with van der Waals surface area (Å²) in [6.45, 7) is 6.70. The molecular weight excluding hydrogens is 486 g/mol. The first kappa shape index (κ1) is 26.6. The van der Waals surface area contributed by atoms with Crippen molar-refractivity contribution in [2.75, 3.05) is 18.0 Å². The maximum absolute atomic E-state index is 13.4. The third kappa shape index (κ3) is 6.77. The minimum atomic E-state index is -4.15. The first-order valence-corrected chi connectivity index (χ1v) is 13.1. The molecule has 0 saturated heterocycles. The van der Waals surface area contributed by atoms with Gasteiger partial charge in [0.05, 0.1) is 24.3 Å². The molecular formula is C27H30ClNO5S. The summed E-state index contributed by atoms with van der Waals surface area (Å²) in [4.78, 5) is 13.2. The Labute approximate surface area is 212 Å². The van der Waals surface area contributed by atoms with Gasteiger partial charge in [0.15, 0.2) is 0 Å². The molecule has 1 amide bonds. The van der Waals surface area contributed by atoms with E-state index in [-0.39, 0.29) is 29.0 Å². The summed E-state index contributed by atoms with van der Waals surface area (Å²) >= 11 is 5.92. The summed E-state index contributed by atoms with van der Waals surface area (Å²) in [5.74, 6) is 0.693. The van der Waals surface area contributed by atoms with Crippen LogP contribution in [-0.4, -0.2) is 28.0 Å². The van der Waals surface area contributed by atoms with E-state index in [1.807, 2.05) is 24.3 Å². The van der Waals surface area contributed by atoms with Crippen LogP contribution in [0.5, 0.6) is 11.5 Å². The average molecular weight is 516 g/mol. The lowest BCUT2D eigenvalue weighted by Crippen LogP contribution is -2.37. The second-order valence-corrected chi connectivity index (χ2v) is 11.3. The molecule has 6 nitrogen and oxygen atoms in total. The Balaban J connectivity index is 1.73. The zero-order valence-electron chi connectivity index (χ0n) is 20.3. The molecule has 0 aliphatic rings. The van der Waals surface area contributed by atoms with E-state index in [4.69, 9.17) is 21.1 Å². The van der Waals surface area contributed by atoms with Crippen LogP contribution >= 0.6 is 11.6 Å². The molecule has 0 heterocycles. The Bertz CT molecular complexity index is 1230. The predicted octanol–water partition coefficient (Wildman–Crippen LogP) is 6.23. The topological polar surface area (TPSA) is 72.9 Å². The van der Waals surface area contributed by atoms with Crippen LogP contribution in [0, 0.1) is 0 Å². The van der Waals surface area contributed by atoms with Crippen LogP contribution in [0.25, 0.3) is 0 Å². The Morgan fingerprint density at radius 2 is 1.46 bits per heavy atom. The average Bonchev–Trinajstić information content (AvgIpc) is 2.82. The quantitative estimate of drug-likeness (QED) is 0.316. The lowest BCUT2D eigenvalue weighted by Gasteiger charge is -2.23. The van der Waals surface area contributed by atoms with E-state index in [0.717, 1.165) is 4.31 Å². The molecule has 0 radical (unpaired) electrons. The summed E-state index contributed by atoms with van der Waals surface area (Å²) < 4.78 is 38.6. The number of anilines is 1. The Kier molecular flexibility index (Phi) is 8.46.